The molecule has 0 fully saturated rings. The van der Waals surface area contributed by atoms with Gasteiger partial charge in [0.15, 0.2) is 0 Å². The van der Waals surface area contributed by atoms with Crippen LogP contribution in [0.15, 0.2) is 29.0 Å². The summed E-state index contributed by atoms with van der Waals surface area (Å²) in [5.41, 5.74) is 1.12. The van der Waals surface area contributed by atoms with Crippen molar-refractivity contribution in [3.8, 4) is 0 Å². The van der Waals surface area contributed by atoms with Crippen molar-refractivity contribution >= 4 is 6.21 Å². The fourth-order valence-corrected chi connectivity index (χ4v) is 1.24. The third-order valence-corrected chi connectivity index (χ3v) is 1.77. The minimum Gasteiger partial charge on any atom is -0.283 e. The molecule has 0 amide bonds. The Kier molecular flexibility index (Phi) is 1.31. The Morgan fingerprint density at radius 3 is 3.40 bits per heavy atom. The first-order valence-corrected chi connectivity index (χ1v) is 3.56. The molecule has 2 rings (SSSR count). The second kappa shape index (κ2) is 2.29. The summed E-state index contributed by atoms with van der Waals surface area (Å²) in [7, 11) is 0. The smallest absolute Gasteiger partial charge is 0.0922 e. The first-order chi connectivity index (χ1) is 4.97. The molecule has 1 atom stereocenters. The van der Waals surface area contributed by atoms with Gasteiger partial charge >= 0.3 is 0 Å². The number of rotatable bonds is 0. The van der Waals surface area contributed by atoms with Crippen molar-refractivity contribution in [1.29, 1.82) is 0 Å². The fourth-order valence-electron chi connectivity index (χ4n) is 1.24. The lowest BCUT2D eigenvalue weighted by atomic mass is 10.0. The summed E-state index contributed by atoms with van der Waals surface area (Å²) in [6.07, 6.45) is 9.99. The summed E-state index contributed by atoms with van der Waals surface area (Å²) >= 11 is 0. The molecule has 10 heavy (non-hydrogen) atoms. The van der Waals surface area contributed by atoms with Gasteiger partial charge in [0.05, 0.1) is 11.7 Å². The van der Waals surface area contributed by atoms with Crippen LogP contribution in [0.5, 0.6) is 0 Å². The Labute approximate surface area is 60.3 Å². The van der Waals surface area contributed by atoms with Crippen LogP contribution in [-0.4, -0.2) is 12.3 Å². The Bertz CT molecular complexity index is 213. The molecule has 2 aliphatic rings. The lowest BCUT2D eigenvalue weighted by molar-refractivity contribution is 0.592. The first-order valence-electron chi connectivity index (χ1n) is 3.56. The molecule has 0 aromatic rings. The van der Waals surface area contributed by atoms with Crippen molar-refractivity contribution in [3.63, 3.8) is 0 Å². The third kappa shape index (κ3) is 0.856. The summed E-state index contributed by atoms with van der Waals surface area (Å²) in [6.45, 7) is 0. The van der Waals surface area contributed by atoms with Gasteiger partial charge in [0, 0.05) is 12.4 Å². The molecular formula is C8H9N2. The van der Waals surface area contributed by atoms with E-state index in [9.17, 15) is 0 Å². The van der Waals surface area contributed by atoms with E-state index in [1.54, 1.807) is 0 Å². The van der Waals surface area contributed by atoms with Crippen LogP contribution < -0.4 is 5.32 Å². The van der Waals surface area contributed by atoms with Crippen LogP contribution in [0.4, 0.5) is 0 Å². The van der Waals surface area contributed by atoms with Gasteiger partial charge in [-0.1, -0.05) is 0 Å². The molecule has 2 aliphatic heterocycles. The Hall–Kier alpha value is -1.05. The number of nitrogens with zero attached hydrogens (tertiary/aromatic N) is 2. The molecule has 2 heteroatoms. The fraction of sp³-hybridized carbons (Fsp3) is 0.375. The molecule has 0 N–H and O–H groups in total. The van der Waals surface area contributed by atoms with Crippen molar-refractivity contribution in [1.82, 2.24) is 5.32 Å². The molecule has 0 saturated carbocycles. The Morgan fingerprint density at radius 2 is 2.50 bits per heavy atom. The standard InChI is InChI=1S/C8H9N2/c1-3-7-8(9-5-1)4-2-6-10-7/h1,3,5-6,8H,2,4H2. The summed E-state index contributed by atoms with van der Waals surface area (Å²) in [5, 5.41) is 4.29. The Morgan fingerprint density at radius 1 is 1.50 bits per heavy atom. The SMILES string of the molecule is C1=C[N]C2CCC=NC2=C1. The van der Waals surface area contributed by atoms with E-state index in [0.717, 1.165) is 18.5 Å². The van der Waals surface area contributed by atoms with E-state index < -0.39 is 0 Å². The van der Waals surface area contributed by atoms with E-state index in [1.807, 2.05) is 24.6 Å². The molecule has 0 aliphatic carbocycles. The van der Waals surface area contributed by atoms with Crippen LogP contribution in [0.25, 0.3) is 0 Å². The summed E-state index contributed by atoms with van der Waals surface area (Å²) in [5.74, 6) is 0. The largest absolute Gasteiger partial charge is 0.283 e. The molecule has 0 spiro atoms. The van der Waals surface area contributed by atoms with Gasteiger partial charge in [-0.15, -0.1) is 0 Å². The number of hydrogen-bond donors (Lipinski definition) is 0. The first kappa shape index (κ1) is 5.71. The zero-order chi connectivity index (χ0) is 6.81. The monoisotopic (exact) mass is 133 g/mol. The number of fused-ring (bicyclic) bond motifs is 1. The van der Waals surface area contributed by atoms with Crippen molar-refractivity contribution < 1.29 is 0 Å². The van der Waals surface area contributed by atoms with Crippen molar-refractivity contribution in [2.75, 3.05) is 0 Å². The van der Waals surface area contributed by atoms with Crippen LogP contribution in [0.3, 0.4) is 0 Å². The lowest BCUT2D eigenvalue weighted by Gasteiger charge is -2.20. The van der Waals surface area contributed by atoms with E-state index in [2.05, 4.69) is 10.3 Å². The zero-order valence-electron chi connectivity index (χ0n) is 5.70. The molecule has 51 valence electrons. The minimum absolute atomic E-state index is 0.356. The number of hydrogen-bond acceptors (Lipinski definition) is 1. The van der Waals surface area contributed by atoms with E-state index in [4.69, 9.17) is 0 Å². The van der Waals surface area contributed by atoms with Gasteiger partial charge in [0.25, 0.3) is 0 Å². The number of aliphatic imine (C=N–C) groups is 1. The van der Waals surface area contributed by atoms with E-state index >= 15 is 0 Å². The quantitative estimate of drug-likeness (QED) is 0.475. The minimum atomic E-state index is 0.356. The van der Waals surface area contributed by atoms with Crippen molar-refractivity contribution in [3.05, 3.63) is 24.0 Å². The topological polar surface area (TPSA) is 26.5 Å². The summed E-state index contributed by atoms with van der Waals surface area (Å²) in [4.78, 5) is 4.24. The molecule has 0 aromatic carbocycles. The normalized spacial score (nSPS) is 28.8. The molecule has 0 saturated heterocycles. The van der Waals surface area contributed by atoms with Crippen molar-refractivity contribution in [2.45, 2.75) is 18.9 Å². The van der Waals surface area contributed by atoms with E-state index in [1.165, 1.54) is 0 Å². The van der Waals surface area contributed by atoms with Gasteiger partial charge < -0.3 is 0 Å². The zero-order valence-corrected chi connectivity index (χ0v) is 5.70. The van der Waals surface area contributed by atoms with Gasteiger partial charge in [-0.3, -0.25) is 10.3 Å². The van der Waals surface area contributed by atoms with Crippen LogP contribution in [-0.2, 0) is 0 Å². The van der Waals surface area contributed by atoms with Gasteiger partial charge in [0.1, 0.15) is 0 Å². The van der Waals surface area contributed by atoms with Gasteiger partial charge in [-0.2, -0.15) is 0 Å². The molecule has 2 nitrogen and oxygen atoms in total. The van der Waals surface area contributed by atoms with E-state index in [0.29, 0.717) is 6.04 Å². The van der Waals surface area contributed by atoms with Gasteiger partial charge in [-0.25, -0.2) is 0 Å². The molecular weight excluding hydrogens is 124 g/mol. The number of allylic oxidation sites excluding steroid dienone is 2. The predicted octanol–water partition coefficient (Wildman–Crippen LogP) is 1.24. The van der Waals surface area contributed by atoms with Crippen LogP contribution in [0, 0.1) is 0 Å². The molecule has 1 radical (unpaired) electrons. The average Bonchev–Trinajstić information content (AvgIpc) is 2.05. The Balaban J connectivity index is 2.27. The second-order valence-electron chi connectivity index (χ2n) is 2.49. The predicted molar refractivity (Wildman–Crippen MR) is 40.9 cm³/mol. The van der Waals surface area contributed by atoms with Crippen molar-refractivity contribution in [2.24, 2.45) is 4.99 Å². The maximum absolute atomic E-state index is 4.29. The molecule has 0 aromatic heterocycles. The lowest BCUT2D eigenvalue weighted by Crippen LogP contribution is -2.24. The maximum atomic E-state index is 4.29. The molecule has 0 bridgehead atoms. The molecule has 1 unspecified atom stereocenters. The van der Waals surface area contributed by atoms with Gasteiger partial charge in [0.2, 0.25) is 0 Å². The summed E-state index contributed by atoms with van der Waals surface area (Å²) < 4.78 is 0. The van der Waals surface area contributed by atoms with Crippen LogP contribution >= 0.6 is 0 Å². The van der Waals surface area contributed by atoms with Crippen LogP contribution in [0.2, 0.25) is 0 Å². The highest BCUT2D eigenvalue weighted by Crippen LogP contribution is 2.17. The highest BCUT2D eigenvalue weighted by Gasteiger charge is 2.16. The highest BCUT2D eigenvalue weighted by molar-refractivity contribution is 5.61. The maximum Gasteiger partial charge on any atom is 0.0922 e. The third-order valence-electron chi connectivity index (χ3n) is 1.77. The van der Waals surface area contributed by atoms with E-state index in [-0.39, 0.29) is 0 Å². The second-order valence-corrected chi connectivity index (χ2v) is 2.49. The van der Waals surface area contributed by atoms with Gasteiger partial charge in [-0.05, 0) is 25.0 Å². The molecule has 2 heterocycles. The van der Waals surface area contributed by atoms with Crippen LogP contribution in [0.1, 0.15) is 12.8 Å². The highest BCUT2D eigenvalue weighted by atomic mass is 15.0. The average molecular weight is 133 g/mol. The summed E-state index contributed by atoms with van der Waals surface area (Å²) in [6, 6.07) is 0.356.